The number of hydrogen-bond acceptors (Lipinski definition) is 4. The second-order valence-corrected chi connectivity index (χ2v) is 6.02. The van der Waals surface area contributed by atoms with Crippen LogP contribution < -0.4 is 10.6 Å². The molecule has 0 aromatic heterocycles. The van der Waals surface area contributed by atoms with Crippen LogP contribution in [0.4, 0.5) is 4.79 Å². The first-order valence-corrected chi connectivity index (χ1v) is 8.50. The Balaban J connectivity index is 1.83. The van der Waals surface area contributed by atoms with E-state index in [1.807, 2.05) is 36.4 Å². The molecule has 142 valence electrons. The van der Waals surface area contributed by atoms with Crippen molar-refractivity contribution in [3.63, 3.8) is 0 Å². The number of carboxylic acids is 1. The van der Waals surface area contributed by atoms with Gasteiger partial charge in [0.2, 0.25) is 5.91 Å². The Morgan fingerprint density at radius 3 is 2.04 bits per heavy atom. The van der Waals surface area contributed by atoms with E-state index in [9.17, 15) is 19.5 Å². The molecule has 27 heavy (non-hydrogen) atoms. The van der Waals surface area contributed by atoms with Crippen molar-refractivity contribution in [3.05, 3.63) is 71.8 Å². The first kappa shape index (κ1) is 20.0. The van der Waals surface area contributed by atoms with Crippen LogP contribution >= 0.6 is 0 Å². The van der Waals surface area contributed by atoms with Gasteiger partial charge in [0.25, 0.3) is 0 Å². The molecule has 0 saturated carbocycles. The number of rotatable bonds is 8. The van der Waals surface area contributed by atoms with Gasteiger partial charge in [0.1, 0.15) is 18.7 Å². The molecule has 0 bridgehead atoms. The average Bonchev–Trinajstić information content (AvgIpc) is 2.67. The predicted molar refractivity (Wildman–Crippen MR) is 98.9 cm³/mol. The maximum absolute atomic E-state index is 12.2. The van der Waals surface area contributed by atoms with Gasteiger partial charge in [0, 0.05) is 6.42 Å². The summed E-state index contributed by atoms with van der Waals surface area (Å²) in [4.78, 5) is 35.4. The maximum Gasteiger partial charge on any atom is 0.408 e. The van der Waals surface area contributed by atoms with Crippen molar-refractivity contribution in [1.29, 1.82) is 0 Å². The molecular formula is C20H22N2O5. The van der Waals surface area contributed by atoms with Crippen molar-refractivity contribution in [1.82, 2.24) is 10.6 Å². The van der Waals surface area contributed by atoms with Crippen molar-refractivity contribution in [2.75, 3.05) is 0 Å². The molecule has 2 aromatic rings. The Hall–Kier alpha value is -3.35. The van der Waals surface area contributed by atoms with Crippen molar-refractivity contribution in [3.8, 4) is 0 Å². The molecule has 0 spiro atoms. The number of benzene rings is 2. The average molecular weight is 370 g/mol. The third-order valence-electron chi connectivity index (χ3n) is 3.84. The van der Waals surface area contributed by atoms with Crippen molar-refractivity contribution >= 4 is 18.0 Å². The zero-order valence-corrected chi connectivity index (χ0v) is 14.9. The molecule has 7 nitrogen and oxygen atoms in total. The number of carboxylic acid groups (broad SMARTS) is 1. The zero-order chi connectivity index (χ0) is 19.6. The number of nitrogens with one attached hydrogen (secondary N) is 2. The third kappa shape index (κ3) is 6.81. The normalized spacial score (nSPS) is 12.5. The largest absolute Gasteiger partial charge is 0.480 e. The van der Waals surface area contributed by atoms with E-state index in [4.69, 9.17) is 4.74 Å². The molecule has 7 heteroatoms. The summed E-state index contributed by atoms with van der Waals surface area (Å²) in [6.07, 6.45) is -0.607. The quantitative estimate of drug-likeness (QED) is 0.660. The summed E-state index contributed by atoms with van der Waals surface area (Å²) in [6.45, 7) is 1.54. The fraction of sp³-hybridized carbons (Fsp3) is 0.250. The molecule has 0 saturated heterocycles. The molecule has 2 atom stereocenters. The van der Waals surface area contributed by atoms with E-state index in [0.717, 1.165) is 11.1 Å². The number of carbonyl (C=O) groups excluding carboxylic acids is 2. The first-order valence-electron chi connectivity index (χ1n) is 8.50. The SMILES string of the molecule is C[C@H](NC(=O)OCc1ccccc1)C(=O)N[C@@H](Cc1ccccc1)C(=O)O. The van der Waals surface area contributed by atoms with Gasteiger partial charge in [-0.2, -0.15) is 0 Å². The van der Waals surface area contributed by atoms with Gasteiger partial charge in [-0.05, 0) is 18.1 Å². The second-order valence-electron chi connectivity index (χ2n) is 6.02. The summed E-state index contributed by atoms with van der Waals surface area (Å²) in [5, 5.41) is 14.2. The van der Waals surface area contributed by atoms with E-state index in [0.29, 0.717) is 0 Å². The minimum atomic E-state index is -1.15. The van der Waals surface area contributed by atoms with Crippen molar-refractivity contribution in [2.24, 2.45) is 0 Å². The lowest BCUT2D eigenvalue weighted by atomic mass is 10.1. The van der Waals surface area contributed by atoms with Gasteiger partial charge in [0.05, 0.1) is 0 Å². The molecule has 0 aliphatic rings. The number of alkyl carbamates (subject to hydrolysis) is 1. The van der Waals surface area contributed by atoms with E-state index in [1.54, 1.807) is 24.3 Å². The minimum absolute atomic E-state index is 0.0762. The molecule has 0 fully saturated rings. The Morgan fingerprint density at radius 2 is 1.48 bits per heavy atom. The van der Waals surface area contributed by atoms with Gasteiger partial charge in [-0.1, -0.05) is 60.7 Å². The highest BCUT2D eigenvalue weighted by molar-refractivity contribution is 5.89. The van der Waals surface area contributed by atoms with Crippen LogP contribution in [0.5, 0.6) is 0 Å². The summed E-state index contributed by atoms with van der Waals surface area (Å²) in [5.74, 6) is -1.75. The van der Waals surface area contributed by atoms with E-state index in [2.05, 4.69) is 10.6 Å². The van der Waals surface area contributed by atoms with Gasteiger partial charge in [0.15, 0.2) is 0 Å². The number of hydrogen-bond donors (Lipinski definition) is 3. The molecule has 0 unspecified atom stereocenters. The van der Waals surface area contributed by atoms with E-state index in [1.165, 1.54) is 6.92 Å². The molecule has 0 radical (unpaired) electrons. The van der Waals surface area contributed by atoms with E-state index >= 15 is 0 Å². The topological polar surface area (TPSA) is 105 Å². The molecular weight excluding hydrogens is 348 g/mol. The smallest absolute Gasteiger partial charge is 0.408 e. The number of amides is 2. The van der Waals surface area contributed by atoms with Crippen LogP contribution in [0.25, 0.3) is 0 Å². The molecule has 0 aliphatic carbocycles. The molecule has 0 heterocycles. The minimum Gasteiger partial charge on any atom is -0.480 e. The zero-order valence-electron chi connectivity index (χ0n) is 14.9. The van der Waals surface area contributed by atoms with Gasteiger partial charge in [-0.25, -0.2) is 9.59 Å². The molecule has 2 aromatic carbocycles. The first-order chi connectivity index (χ1) is 13.0. The van der Waals surface area contributed by atoms with Crippen LogP contribution in [0.1, 0.15) is 18.1 Å². The Morgan fingerprint density at radius 1 is 0.926 bits per heavy atom. The van der Waals surface area contributed by atoms with Crippen molar-refractivity contribution < 1.29 is 24.2 Å². The Bertz CT molecular complexity index is 764. The lowest BCUT2D eigenvalue weighted by Crippen LogP contribution is -2.51. The lowest BCUT2D eigenvalue weighted by Gasteiger charge is -2.18. The van der Waals surface area contributed by atoms with Gasteiger partial charge < -0.3 is 20.5 Å². The molecule has 0 aliphatic heterocycles. The summed E-state index contributed by atoms with van der Waals surface area (Å²) in [7, 11) is 0. The predicted octanol–water partition coefficient (Wildman–Crippen LogP) is 2.11. The highest BCUT2D eigenvalue weighted by Crippen LogP contribution is 2.04. The second kappa shape index (κ2) is 9.96. The molecule has 2 amide bonds. The lowest BCUT2D eigenvalue weighted by molar-refractivity contribution is -0.142. The van der Waals surface area contributed by atoms with Crippen LogP contribution in [-0.4, -0.2) is 35.2 Å². The fourth-order valence-electron chi connectivity index (χ4n) is 2.35. The Kier molecular flexibility index (Phi) is 7.37. The summed E-state index contributed by atoms with van der Waals surface area (Å²) in [6, 6.07) is 16.1. The third-order valence-corrected chi connectivity index (χ3v) is 3.84. The number of ether oxygens (including phenoxy) is 1. The van der Waals surface area contributed by atoms with Crippen LogP contribution in [0.15, 0.2) is 60.7 Å². The fourth-order valence-corrected chi connectivity index (χ4v) is 2.35. The van der Waals surface area contributed by atoms with E-state index in [-0.39, 0.29) is 13.0 Å². The van der Waals surface area contributed by atoms with Crippen LogP contribution in [0.2, 0.25) is 0 Å². The number of carbonyl (C=O) groups is 3. The van der Waals surface area contributed by atoms with Crippen LogP contribution in [0.3, 0.4) is 0 Å². The summed E-state index contributed by atoms with van der Waals surface area (Å²) in [5.41, 5.74) is 1.60. The standard InChI is InChI=1S/C20H22N2O5/c1-14(21-20(26)27-13-16-10-6-3-7-11-16)18(23)22-17(19(24)25)12-15-8-4-2-5-9-15/h2-11,14,17H,12-13H2,1H3,(H,21,26)(H,22,23)(H,24,25)/t14-,17-/m0/s1. The summed E-state index contributed by atoms with van der Waals surface area (Å²) < 4.78 is 5.05. The monoisotopic (exact) mass is 370 g/mol. The molecule has 2 rings (SSSR count). The van der Waals surface area contributed by atoms with Gasteiger partial charge >= 0.3 is 12.1 Å². The summed E-state index contributed by atoms with van der Waals surface area (Å²) >= 11 is 0. The number of aliphatic carboxylic acids is 1. The Labute approximate surface area is 157 Å². The highest BCUT2D eigenvalue weighted by atomic mass is 16.5. The van der Waals surface area contributed by atoms with Gasteiger partial charge in [-0.3, -0.25) is 4.79 Å². The van der Waals surface area contributed by atoms with Crippen molar-refractivity contribution in [2.45, 2.75) is 32.0 Å². The van der Waals surface area contributed by atoms with Crippen LogP contribution in [-0.2, 0) is 27.4 Å². The molecule has 3 N–H and O–H groups in total. The highest BCUT2D eigenvalue weighted by Gasteiger charge is 2.24. The van der Waals surface area contributed by atoms with Gasteiger partial charge in [-0.15, -0.1) is 0 Å². The van der Waals surface area contributed by atoms with Crippen LogP contribution in [0, 0.1) is 0 Å². The maximum atomic E-state index is 12.2. The van der Waals surface area contributed by atoms with E-state index < -0.39 is 30.1 Å².